The lowest BCUT2D eigenvalue weighted by Crippen LogP contribution is -2.31. The summed E-state index contributed by atoms with van der Waals surface area (Å²) >= 11 is 0. The zero-order chi connectivity index (χ0) is 17.8. The van der Waals surface area contributed by atoms with Gasteiger partial charge < -0.3 is 5.32 Å². The molecular weight excluding hydrogens is 322 g/mol. The summed E-state index contributed by atoms with van der Waals surface area (Å²) in [6, 6.07) is 15.9. The number of aryl methyl sites for hydroxylation is 1. The number of fused-ring (bicyclic) bond motifs is 2. The predicted molar refractivity (Wildman–Crippen MR) is 101 cm³/mol. The molecule has 0 fully saturated rings. The maximum atomic E-state index is 13.2. The highest BCUT2D eigenvalue weighted by molar-refractivity contribution is 6.23. The van der Waals surface area contributed by atoms with Crippen molar-refractivity contribution in [1.29, 1.82) is 0 Å². The van der Waals surface area contributed by atoms with Crippen LogP contribution >= 0.6 is 0 Å². The minimum Gasteiger partial charge on any atom is -0.358 e. The van der Waals surface area contributed by atoms with Crippen LogP contribution in [0.4, 0.5) is 0 Å². The molecule has 1 N–H and O–H groups in total. The fraction of sp³-hybridized carbons (Fsp3) is 0.217. The normalized spacial score (nSPS) is 21.3. The summed E-state index contributed by atoms with van der Waals surface area (Å²) in [5.41, 5.74) is 7.28. The van der Waals surface area contributed by atoms with Crippen molar-refractivity contribution in [1.82, 2.24) is 5.32 Å². The molecule has 0 bridgehead atoms. The largest absolute Gasteiger partial charge is 0.358 e. The van der Waals surface area contributed by atoms with Gasteiger partial charge in [0.1, 0.15) is 0 Å². The zero-order valence-corrected chi connectivity index (χ0v) is 14.6. The number of nitrogens with one attached hydrogen (secondary N) is 1. The van der Waals surface area contributed by atoms with Crippen molar-refractivity contribution in [2.24, 2.45) is 0 Å². The van der Waals surface area contributed by atoms with Gasteiger partial charge in [-0.2, -0.15) is 0 Å². The molecule has 2 aromatic carbocycles. The third kappa shape index (κ3) is 2.07. The van der Waals surface area contributed by atoms with E-state index in [0.717, 1.165) is 52.1 Å². The van der Waals surface area contributed by atoms with E-state index in [-0.39, 0.29) is 17.5 Å². The Morgan fingerprint density at radius 1 is 0.885 bits per heavy atom. The number of carbonyl (C=O) groups is 2. The molecule has 3 nitrogen and oxygen atoms in total. The van der Waals surface area contributed by atoms with Gasteiger partial charge in [0, 0.05) is 40.3 Å². The number of benzene rings is 2. The van der Waals surface area contributed by atoms with Gasteiger partial charge in [0.2, 0.25) is 0 Å². The number of Topliss-reactive ketones (excluding diaryl/α,β-unsaturated/α-hetero) is 2. The summed E-state index contributed by atoms with van der Waals surface area (Å²) in [7, 11) is 0. The molecule has 0 aromatic heterocycles. The molecule has 0 spiro atoms. The van der Waals surface area contributed by atoms with Crippen molar-refractivity contribution >= 4 is 17.3 Å². The molecule has 128 valence electrons. The second-order valence-corrected chi connectivity index (χ2v) is 7.30. The average Bonchev–Trinajstić information content (AvgIpc) is 2.94. The molecule has 3 aliphatic rings. The van der Waals surface area contributed by atoms with E-state index in [1.165, 1.54) is 5.56 Å². The standard InChI is InChI=1S/C23H19NO2/c1-13-9-11-14(12-10-13)19-20-17(7-4-8-18(20)25)24-22-15-5-2-3-6-16(15)23(26)21(19)22/h2-3,5-6,9-12,19,24H,4,7-8H2,1H3/t19-/m0/s1. The number of carbonyl (C=O) groups excluding carboxylic acids is 2. The van der Waals surface area contributed by atoms with Gasteiger partial charge in [-0.05, 0) is 25.3 Å². The van der Waals surface area contributed by atoms with Crippen LogP contribution in [0.25, 0.3) is 5.70 Å². The van der Waals surface area contributed by atoms with E-state index in [2.05, 4.69) is 29.6 Å². The SMILES string of the molecule is Cc1ccc([C@H]2C3=C(CCCC3=O)NC3=C2C(=O)c2ccccc23)cc1. The number of rotatable bonds is 1. The summed E-state index contributed by atoms with van der Waals surface area (Å²) in [5.74, 6) is -0.0622. The van der Waals surface area contributed by atoms with E-state index >= 15 is 0 Å². The van der Waals surface area contributed by atoms with Crippen LogP contribution in [0.5, 0.6) is 0 Å². The topological polar surface area (TPSA) is 46.2 Å². The lowest BCUT2D eigenvalue weighted by molar-refractivity contribution is -0.116. The highest BCUT2D eigenvalue weighted by Gasteiger charge is 2.43. The number of ketones is 2. The summed E-state index contributed by atoms with van der Waals surface area (Å²) in [4.78, 5) is 26.0. The second kappa shape index (κ2) is 5.53. The molecule has 3 heteroatoms. The van der Waals surface area contributed by atoms with Crippen LogP contribution in [-0.2, 0) is 4.79 Å². The van der Waals surface area contributed by atoms with Crippen LogP contribution in [-0.4, -0.2) is 11.6 Å². The van der Waals surface area contributed by atoms with E-state index in [9.17, 15) is 9.59 Å². The first-order valence-corrected chi connectivity index (χ1v) is 9.13. The van der Waals surface area contributed by atoms with Crippen molar-refractivity contribution in [3.8, 4) is 0 Å². The van der Waals surface area contributed by atoms with Gasteiger partial charge >= 0.3 is 0 Å². The number of hydrogen-bond acceptors (Lipinski definition) is 3. The Labute approximate surface area is 152 Å². The van der Waals surface area contributed by atoms with Crippen LogP contribution in [0.3, 0.4) is 0 Å². The highest BCUT2D eigenvalue weighted by atomic mass is 16.1. The fourth-order valence-corrected chi connectivity index (χ4v) is 4.43. The molecule has 5 rings (SSSR count). The summed E-state index contributed by atoms with van der Waals surface area (Å²) < 4.78 is 0. The number of hydrogen-bond donors (Lipinski definition) is 1. The van der Waals surface area contributed by atoms with Gasteiger partial charge in [0.25, 0.3) is 0 Å². The minimum atomic E-state index is -0.269. The molecule has 26 heavy (non-hydrogen) atoms. The molecule has 0 saturated heterocycles. The number of allylic oxidation sites excluding steroid dienone is 3. The monoisotopic (exact) mass is 341 g/mol. The Morgan fingerprint density at radius 3 is 2.38 bits per heavy atom. The molecule has 2 aromatic rings. The Kier molecular flexibility index (Phi) is 3.26. The molecule has 1 aliphatic heterocycles. The Hall–Kier alpha value is -2.94. The molecular formula is C23H19NO2. The quantitative estimate of drug-likeness (QED) is 0.841. The zero-order valence-electron chi connectivity index (χ0n) is 14.6. The van der Waals surface area contributed by atoms with Gasteiger partial charge in [-0.3, -0.25) is 9.59 Å². The first-order valence-electron chi connectivity index (χ1n) is 9.13. The van der Waals surface area contributed by atoms with Crippen LogP contribution in [0.1, 0.15) is 52.2 Å². The van der Waals surface area contributed by atoms with Crippen molar-refractivity contribution in [2.45, 2.75) is 32.1 Å². The van der Waals surface area contributed by atoms with E-state index < -0.39 is 0 Å². The number of dihydropyridines is 1. The van der Waals surface area contributed by atoms with Crippen molar-refractivity contribution in [3.63, 3.8) is 0 Å². The molecule has 2 aliphatic carbocycles. The maximum Gasteiger partial charge on any atom is 0.192 e. The van der Waals surface area contributed by atoms with E-state index in [1.807, 2.05) is 31.2 Å². The van der Waals surface area contributed by atoms with Gasteiger partial charge in [-0.15, -0.1) is 0 Å². The first-order chi connectivity index (χ1) is 12.6. The first kappa shape index (κ1) is 15.3. The van der Waals surface area contributed by atoms with Gasteiger partial charge in [-0.1, -0.05) is 54.1 Å². The minimum absolute atomic E-state index is 0.0404. The van der Waals surface area contributed by atoms with E-state index in [1.54, 1.807) is 0 Å². The Morgan fingerprint density at radius 2 is 1.62 bits per heavy atom. The summed E-state index contributed by atoms with van der Waals surface area (Å²) in [6.45, 7) is 2.05. The molecule has 1 atom stereocenters. The highest BCUT2D eigenvalue weighted by Crippen LogP contribution is 2.48. The van der Waals surface area contributed by atoms with Crippen molar-refractivity contribution < 1.29 is 9.59 Å². The second-order valence-electron chi connectivity index (χ2n) is 7.30. The van der Waals surface area contributed by atoms with Crippen LogP contribution in [0.15, 0.2) is 65.4 Å². The molecule has 0 saturated carbocycles. The lowest BCUT2D eigenvalue weighted by Gasteiger charge is -2.33. The summed E-state index contributed by atoms with van der Waals surface area (Å²) in [5, 5.41) is 3.46. The predicted octanol–water partition coefficient (Wildman–Crippen LogP) is 4.30. The third-order valence-electron chi connectivity index (χ3n) is 5.68. The summed E-state index contributed by atoms with van der Waals surface area (Å²) in [6.07, 6.45) is 2.28. The van der Waals surface area contributed by atoms with Crippen LogP contribution < -0.4 is 5.32 Å². The van der Waals surface area contributed by atoms with Crippen LogP contribution in [0.2, 0.25) is 0 Å². The van der Waals surface area contributed by atoms with E-state index in [0.29, 0.717) is 6.42 Å². The van der Waals surface area contributed by atoms with Crippen molar-refractivity contribution in [2.75, 3.05) is 0 Å². The third-order valence-corrected chi connectivity index (χ3v) is 5.68. The maximum absolute atomic E-state index is 13.2. The molecule has 0 radical (unpaired) electrons. The van der Waals surface area contributed by atoms with Gasteiger partial charge in [-0.25, -0.2) is 0 Å². The molecule has 1 heterocycles. The van der Waals surface area contributed by atoms with E-state index in [4.69, 9.17) is 0 Å². The van der Waals surface area contributed by atoms with Crippen LogP contribution in [0, 0.1) is 6.92 Å². The average molecular weight is 341 g/mol. The Balaban J connectivity index is 1.75. The fourth-order valence-electron chi connectivity index (χ4n) is 4.43. The molecule has 0 unspecified atom stereocenters. The smallest absolute Gasteiger partial charge is 0.192 e. The molecule has 0 amide bonds. The van der Waals surface area contributed by atoms with Crippen molar-refractivity contribution in [3.05, 3.63) is 87.6 Å². The lowest BCUT2D eigenvalue weighted by atomic mass is 9.75. The van der Waals surface area contributed by atoms with Gasteiger partial charge in [0.05, 0.1) is 5.70 Å². The van der Waals surface area contributed by atoms with Gasteiger partial charge in [0.15, 0.2) is 11.6 Å². The Bertz CT molecular complexity index is 1020.